The summed E-state index contributed by atoms with van der Waals surface area (Å²) in [4.78, 5) is 28.6. The van der Waals surface area contributed by atoms with Crippen molar-refractivity contribution in [2.45, 2.75) is 31.4 Å². The molecule has 0 unspecified atom stereocenters. The minimum Gasteiger partial charge on any atom is -0.382 e. The summed E-state index contributed by atoms with van der Waals surface area (Å²) in [5.41, 5.74) is 1.56. The van der Waals surface area contributed by atoms with E-state index in [4.69, 9.17) is 16.4 Å². The second-order valence-corrected chi connectivity index (χ2v) is 5.84. The van der Waals surface area contributed by atoms with Crippen LogP contribution in [-0.2, 0) is 14.4 Å². The van der Waals surface area contributed by atoms with Crippen LogP contribution in [0.15, 0.2) is 29.4 Å². The molecule has 1 aliphatic carbocycles. The molecule has 1 heterocycles. The van der Waals surface area contributed by atoms with Crippen LogP contribution in [0.2, 0.25) is 5.02 Å². The van der Waals surface area contributed by atoms with E-state index in [9.17, 15) is 9.59 Å². The fraction of sp³-hybridized carbons (Fsp3) is 0.400. The molecule has 7 heteroatoms. The molecule has 1 aromatic carbocycles. The Hall–Kier alpha value is -2.08. The average Bonchev–Trinajstić information content (AvgIpc) is 3.18. The molecule has 6 nitrogen and oxygen atoms in total. The Bertz CT molecular complexity index is 611. The van der Waals surface area contributed by atoms with Crippen molar-refractivity contribution in [2.75, 3.05) is 6.54 Å². The first-order valence-electron chi connectivity index (χ1n) is 7.17. The van der Waals surface area contributed by atoms with Gasteiger partial charge in [0.25, 0.3) is 5.91 Å². The number of hydrogen-bond acceptors (Lipinski definition) is 4. The lowest BCUT2D eigenvalue weighted by Gasteiger charge is -2.09. The Morgan fingerprint density at radius 3 is 2.68 bits per heavy atom. The molecule has 1 aromatic rings. The van der Waals surface area contributed by atoms with E-state index in [1.165, 1.54) is 0 Å². The highest BCUT2D eigenvalue weighted by Crippen LogP contribution is 2.19. The van der Waals surface area contributed by atoms with E-state index in [0.29, 0.717) is 17.2 Å². The molecule has 1 aliphatic heterocycles. The second kappa shape index (κ2) is 6.36. The first kappa shape index (κ1) is 14.8. The van der Waals surface area contributed by atoms with Gasteiger partial charge >= 0.3 is 0 Å². The molecule has 116 valence electrons. The van der Waals surface area contributed by atoms with Crippen LogP contribution in [0.4, 0.5) is 0 Å². The summed E-state index contributed by atoms with van der Waals surface area (Å²) < 4.78 is 0. The molecule has 2 N–H and O–H groups in total. The average molecular weight is 322 g/mol. The van der Waals surface area contributed by atoms with Crippen molar-refractivity contribution in [2.24, 2.45) is 5.16 Å². The molecule has 1 fully saturated rings. The molecule has 2 aliphatic rings. The maximum atomic E-state index is 12.0. The van der Waals surface area contributed by atoms with Gasteiger partial charge in [0.1, 0.15) is 0 Å². The number of oxime groups is 1. The summed E-state index contributed by atoms with van der Waals surface area (Å²) in [7, 11) is 0. The van der Waals surface area contributed by atoms with Crippen molar-refractivity contribution in [3.05, 3.63) is 34.9 Å². The lowest BCUT2D eigenvalue weighted by Crippen LogP contribution is -2.42. The topological polar surface area (TPSA) is 79.8 Å². The lowest BCUT2D eigenvalue weighted by molar-refractivity contribution is -0.133. The Labute approximate surface area is 132 Å². The first-order chi connectivity index (χ1) is 10.6. The van der Waals surface area contributed by atoms with Crippen LogP contribution in [0, 0.1) is 0 Å². The number of nitrogens with zero attached hydrogens (tertiary/aromatic N) is 1. The van der Waals surface area contributed by atoms with Crippen LogP contribution in [0.1, 0.15) is 24.8 Å². The summed E-state index contributed by atoms with van der Waals surface area (Å²) >= 11 is 5.84. The van der Waals surface area contributed by atoms with Crippen LogP contribution >= 0.6 is 11.6 Å². The second-order valence-electron chi connectivity index (χ2n) is 5.40. The zero-order valence-corrected chi connectivity index (χ0v) is 12.6. The smallest absolute Gasteiger partial charge is 0.264 e. The number of carbonyl (C=O) groups excluding carboxylic acids is 2. The highest BCUT2D eigenvalue weighted by atomic mass is 35.5. The molecule has 1 saturated carbocycles. The van der Waals surface area contributed by atoms with E-state index in [1.54, 1.807) is 12.1 Å². The van der Waals surface area contributed by atoms with Crippen LogP contribution in [0.25, 0.3) is 0 Å². The van der Waals surface area contributed by atoms with Gasteiger partial charge in [-0.2, -0.15) is 0 Å². The van der Waals surface area contributed by atoms with Gasteiger partial charge in [-0.15, -0.1) is 0 Å². The van der Waals surface area contributed by atoms with Crippen molar-refractivity contribution in [3.8, 4) is 0 Å². The SMILES string of the molecule is O=C(CNC(=O)[C@@H]1CC(c2ccc(Cl)cc2)=NO1)NC1CC1. The van der Waals surface area contributed by atoms with Crippen LogP contribution < -0.4 is 10.6 Å². The maximum Gasteiger partial charge on any atom is 0.264 e. The van der Waals surface area contributed by atoms with E-state index < -0.39 is 6.10 Å². The number of carbonyl (C=O) groups is 2. The Morgan fingerprint density at radius 2 is 2.00 bits per heavy atom. The predicted molar refractivity (Wildman–Crippen MR) is 81.7 cm³/mol. The van der Waals surface area contributed by atoms with Gasteiger partial charge in [0.05, 0.1) is 12.3 Å². The number of amides is 2. The molecule has 22 heavy (non-hydrogen) atoms. The molecular weight excluding hydrogens is 306 g/mol. The highest BCUT2D eigenvalue weighted by molar-refractivity contribution is 6.30. The monoisotopic (exact) mass is 321 g/mol. The summed E-state index contributed by atoms with van der Waals surface area (Å²) in [5, 5.41) is 9.95. The van der Waals surface area contributed by atoms with Gasteiger partial charge in [-0.25, -0.2) is 0 Å². The van der Waals surface area contributed by atoms with Gasteiger partial charge in [0, 0.05) is 17.5 Å². The number of halogens is 1. The van der Waals surface area contributed by atoms with E-state index in [-0.39, 0.29) is 24.4 Å². The molecule has 0 spiro atoms. The van der Waals surface area contributed by atoms with Crippen LogP contribution in [0.5, 0.6) is 0 Å². The zero-order chi connectivity index (χ0) is 15.5. The van der Waals surface area contributed by atoms with Crippen molar-refractivity contribution >= 4 is 29.1 Å². The van der Waals surface area contributed by atoms with Gasteiger partial charge < -0.3 is 15.5 Å². The van der Waals surface area contributed by atoms with Gasteiger partial charge in [-0.3, -0.25) is 9.59 Å². The fourth-order valence-electron chi connectivity index (χ4n) is 2.12. The summed E-state index contributed by atoms with van der Waals surface area (Å²) in [6, 6.07) is 7.46. The van der Waals surface area contributed by atoms with Crippen LogP contribution in [0.3, 0.4) is 0 Å². The van der Waals surface area contributed by atoms with Gasteiger partial charge in [0.15, 0.2) is 0 Å². The van der Waals surface area contributed by atoms with Crippen molar-refractivity contribution in [1.29, 1.82) is 0 Å². The number of nitrogens with one attached hydrogen (secondary N) is 2. The summed E-state index contributed by atoms with van der Waals surface area (Å²) in [5.74, 6) is -0.508. The zero-order valence-electron chi connectivity index (χ0n) is 11.8. The van der Waals surface area contributed by atoms with E-state index in [1.807, 2.05) is 12.1 Å². The Morgan fingerprint density at radius 1 is 1.27 bits per heavy atom. The van der Waals surface area contributed by atoms with Crippen LogP contribution in [-0.4, -0.2) is 36.2 Å². The number of hydrogen-bond donors (Lipinski definition) is 2. The normalized spacial score (nSPS) is 20.0. The Kier molecular flexibility index (Phi) is 4.29. The van der Waals surface area contributed by atoms with Gasteiger partial charge in [-0.05, 0) is 30.5 Å². The van der Waals surface area contributed by atoms with E-state index >= 15 is 0 Å². The van der Waals surface area contributed by atoms with Gasteiger partial charge in [0.2, 0.25) is 12.0 Å². The van der Waals surface area contributed by atoms with E-state index in [2.05, 4.69) is 15.8 Å². The highest BCUT2D eigenvalue weighted by Gasteiger charge is 2.29. The Balaban J connectivity index is 1.47. The third-order valence-corrected chi connectivity index (χ3v) is 3.76. The molecule has 2 amide bonds. The lowest BCUT2D eigenvalue weighted by atomic mass is 10.0. The quantitative estimate of drug-likeness (QED) is 0.856. The summed E-state index contributed by atoms with van der Waals surface area (Å²) in [6.45, 7) is -0.0362. The van der Waals surface area contributed by atoms with Gasteiger partial charge in [-0.1, -0.05) is 28.9 Å². The standard InChI is InChI=1S/C15H16ClN3O3/c16-10-3-1-9(2-4-10)12-7-13(22-19-12)15(21)17-8-14(20)18-11-5-6-11/h1-4,11,13H,5-8H2,(H,17,21)(H,18,20)/t13-/m0/s1. The minimum atomic E-state index is -0.695. The predicted octanol–water partition coefficient (Wildman–Crippen LogP) is 1.23. The third kappa shape index (κ3) is 3.76. The van der Waals surface area contributed by atoms with E-state index in [0.717, 1.165) is 18.4 Å². The third-order valence-electron chi connectivity index (χ3n) is 3.50. The van der Waals surface area contributed by atoms with Crippen molar-refractivity contribution in [1.82, 2.24) is 10.6 Å². The number of benzene rings is 1. The largest absolute Gasteiger partial charge is 0.382 e. The van der Waals surface area contributed by atoms with Crippen molar-refractivity contribution < 1.29 is 14.4 Å². The molecule has 1 atom stereocenters. The molecule has 0 aromatic heterocycles. The fourth-order valence-corrected chi connectivity index (χ4v) is 2.24. The molecule has 0 bridgehead atoms. The molecule has 3 rings (SSSR count). The maximum absolute atomic E-state index is 12.0. The first-order valence-corrected chi connectivity index (χ1v) is 7.55. The number of rotatable bonds is 5. The summed E-state index contributed by atoms with van der Waals surface area (Å²) in [6.07, 6.45) is 1.71. The molecule has 0 radical (unpaired) electrons. The van der Waals surface area contributed by atoms with Crippen molar-refractivity contribution in [3.63, 3.8) is 0 Å². The molecular formula is C15H16ClN3O3. The molecule has 0 saturated heterocycles. The minimum absolute atomic E-state index is 0.0362.